The van der Waals surface area contributed by atoms with Gasteiger partial charge in [-0.15, -0.1) is 0 Å². The number of rotatable bonds is 5. The van der Waals surface area contributed by atoms with Crippen LogP contribution in [0.2, 0.25) is 0 Å². The highest BCUT2D eigenvalue weighted by molar-refractivity contribution is 5.97. The van der Waals surface area contributed by atoms with Crippen LogP contribution in [-0.2, 0) is 15.7 Å². The van der Waals surface area contributed by atoms with Crippen LogP contribution in [0.3, 0.4) is 0 Å². The van der Waals surface area contributed by atoms with Crippen molar-refractivity contribution in [3.05, 3.63) is 87.8 Å². The smallest absolute Gasteiger partial charge is 0.416 e. The number of hydrogen-bond acceptors (Lipinski definition) is 6. The van der Waals surface area contributed by atoms with E-state index >= 15 is 0 Å². The quantitative estimate of drug-likeness (QED) is 0.416. The topological polar surface area (TPSA) is 127 Å². The normalized spacial score (nSPS) is 14.8. The molecule has 3 N–H and O–H groups in total. The summed E-state index contributed by atoms with van der Waals surface area (Å²) < 4.78 is 46.3. The molecule has 10 nitrogen and oxygen atoms in total. The van der Waals surface area contributed by atoms with E-state index in [2.05, 4.69) is 5.32 Å². The summed E-state index contributed by atoms with van der Waals surface area (Å²) in [4.78, 5) is 54.0. The fourth-order valence-corrected chi connectivity index (χ4v) is 4.52. The minimum Gasteiger partial charge on any atom is -0.444 e. The Labute approximate surface area is 245 Å². The van der Waals surface area contributed by atoms with E-state index in [4.69, 9.17) is 10.5 Å². The molecule has 1 fully saturated rings. The minimum atomic E-state index is -4.60. The Balaban J connectivity index is 1.52. The first-order valence-electron chi connectivity index (χ1n) is 13.4. The number of benzene rings is 2. The number of hydrogen-bond donors (Lipinski definition) is 2. The van der Waals surface area contributed by atoms with Crippen LogP contribution < -0.4 is 21.5 Å². The van der Waals surface area contributed by atoms with E-state index in [-0.39, 0.29) is 42.4 Å². The van der Waals surface area contributed by atoms with Gasteiger partial charge >= 0.3 is 12.3 Å². The van der Waals surface area contributed by atoms with Crippen LogP contribution in [0, 0.1) is 0 Å². The van der Waals surface area contributed by atoms with Gasteiger partial charge in [0.05, 0.1) is 22.9 Å². The molecule has 1 atom stereocenters. The van der Waals surface area contributed by atoms with Gasteiger partial charge in [0.1, 0.15) is 12.1 Å². The fourth-order valence-electron chi connectivity index (χ4n) is 4.52. The van der Waals surface area contributed by atoms with Gasteiger partial charge in [0.2, 0.25) is 5.91 Å². The van der Waals surface area contributed by atoms with Crippen molar-refractivity contribution >= 4 is 29.3 Å². The molecule has 0 bridgehead atoms. The van der Waals surface area contributed by atoms with Gasteiger partial charge in [-0.25, -0.2) is 4.79 Å². The zero-order chi connectivity index (χ0) is 31.7. The monoisotopic (exact) mass is 599 g/mol. The molecule has 0 aliphatic carbocycles. The van der Waals surface area contributed by atoms with Crippen molar-refractivity contribution < 1.29 is 32.3 Å². The van der Waals surface area contributed by atoms with Crippen LogP contribution >= 0.6 is 0 Å². The second-order valence-electron chi connectivity index (χ2n) is 11.2. The van der Waals surface area contributed by atoms with Crippen molar-refractivity contribution in [2.24, 2.45) is 0 Å². The third-order valence-corrected chi connectivity index (χ3v) is 6.62. The lowest BCUT2D eigenvalue weighted by molar-refractivity contribution is -0.137. The summed E-state index contributed by atoms with van der Waals surface area (Å²) in [6.45, 7) is 7.01. The average Bonchev–Trinajstić information content (AvgIpc) is 2.91. The number of aromatic nitrogens is 1. The second kappa shape index (κ2) is 11.8. The predicted octanol–water partition coefficient (Wildman–Crippen LogP) is 4.51. The number of ether oxygens (including phenoxy) is 1. The van der Waals surface area contributed by atoms with Crippen LogP contribution in [0.15, 0.2) is 65.6 Å². The molecule has 3 aromatic rings. The molecule has 1 aromatic heterocycles. The molecular formula is C30H32F3N5O5. The predicted molar refractivity (Wildman–Crippen MR) is 154 cm³/mol. The number of nitrogen functional groups attached to an aromatic ring is 1. The van der Waals surface area contributed by atoms with Crippen molar-refractivity contribution in [2.75, 3.05) is 30.3 Å². The number of nitrogens with one attached hydrogen (secondary N) is 1. The average molecular weight is 600 g/mol. The molecule has 1 saturated heterocycles. The van der Waals surface area contributed by atoms with Crippen LogP contribution in [0.4, 0.5) is 29.3 Å². The fraction of sp³-hybridized carbons (Fsp3) is 0.333. The summed E-state index contributed by atoms with van der Waals surface area (Å²) in [5, 5.41) is 2.64. The van der Waals surface area contributed by atoms with Gasteiger partial charge in [-0.05, 0) is 75.7 Å². The molecule has 43 heavy (non-hydrogen) atoms. The number of amides is 3. The highest BCUT2D eigenvalue weighted by Crippen LogP contribution is 2.32. The van der Waals surface area contributed by atoms with Crippen molar-refractivity contribution in [1.29, 1.82) is 0 Å². The van der Waals surface area contributed by atoms with E-state index in [9.17, 15) is 32.3 Å². The molecule has 0 radical (unpaired) electrons. The van der Waals surface area contributed by atoms with E-state index in [0.717, 1.165) is 12.1 Å². The molecule has 228 valence electrons. The van der Waals surface area contributed by atoms with Gasteiger partial charge in [0.15, 0.2) is 0 Å². The lowest BCUT2D eigenvalue weighted by Gasteiger charge is -2.35. The van der Waals surface area contributed by atoms with Gasteiger partial charge in [0.25, 0.3) is 11.5 Å². The van der Waals surface area contributed by atoms with Crippen LogP contribution in [0.1, 0.15) is 55.2 Å². The third-order valence-electron chi connectivity index (χ3n) is 6.62. The van der Waals surface area contributed by atoms with Crippen molar-refractivity contribution in [2.45, 2.75) is 45.5 Å². The Bertz CT molecular complexity index is 1610. The SMILES string of the molecule is CC(NC(=O)c1ccc(=O)n(-c2cccc(N3CCN(C(=O)OC(C)(C)C)CC3=O)c2)c1)c1cc(N)cc(C(F)(F)F)c1. The third kappa shape index (κ3) is 7.53. The molecule has 3 amide bonds. The Kier molecular flexibility index (Phi) is 8.56. The zero-order valence-corrected chi connectivity index (χ0v) is 24.1. The van der Waals surface area contributed by atoms with Gasteiger partial charge < -0.3 is 20.7 Å². The highest BCUT2D eigenvalue weighted by atomic mass is 19.4. The van der Waals surface area contributed by atoms with E-state index in [1.807, 2.05) is 0 Å². The second-order valence-corrected chi connectivity index (χ2v) is 11.2. The molecule has 2 aromatic carbocycles. The molecule has 2 heterocycles. The lowest BCUT2D eigenvalue weighted by Crippen LogP contribution is -2.53. The van der Waals surface area contributed by atoms with Crippen LogP contribution in [0.25, 0.3) is 5.69 Å². The summed E-state index contributed by atoms with van der Waals surface area (Å²) in [5.74, 6) is -0.958. The summed E-state index contributed by atoms with van der Waals surface area (Å²) in [7, 11) is 0. The first-order valence-corrected chi connectivity index (χ1v) is 13.4. The number of pyridine rings is 1. The van der Waals surface area contributed by atoms with E-state index < -0.39 is 40.9 Å². The highest BCUT2D eigenvalue weighted by Gasteiger charge is 2.32. The molecule has 13 heteroatoms. The molecule has 1 aliphatic heterocycles. The molecular weight excluding hydrogens is 567 g/mol. The number of carbonyl (C=O) groups excluding carboxylic acids is 3. The number of nitrogens with two attached hydrogens (primary N) is 1. The van der Waals surface area contributed by atoms with E-state index in [0.29, 0.717) is 11.4 Å². The number of piperazine rings is 1. The largest absolute Gasteiger partial charge is 0.444 e. The van der Waals surface area contributed by atoms with Gasteiger partial charge in [-0.2, -0.15) is 13.2 Å². The molecule has 0 saturated carbocycles. The maximum absolute atomic E-state index is 13.2. The Hall–Kier alpha value is -4.81. The summed E-state index contributed by atoms with van der Waals surface area (Å²) in [5.41, 5.74) is 4.59. The van der Waals surface area contributed by atoms with Crippen LogP contribution in [-0.4, -0.2) is 52.6 Å². The first kappa shape index (κ1) is 31.1. The number of anilines is 2. The standard InChI is InChI=1S/C30H32F3N5O5/c1-18(20-12-21(30(31,32)33)14-22(34)13-20)35-27(41)19-8-9-25(39)38(16-19)24-7-5-6-23(15-24)37-11-10-36(17-26(37)40)28(42)43-29(2,3)4/h5-9,12-16,18H,10-11,17,34H2,1-4H3,(H,35,41). The van der Waals surface area contributed by atoms with Gasteiger partial charge in [-0.1, -0.05) is 6.07 Å². The van der Waals surface area contributed by atoms with Crippen LogP contribution in [0.5, 0.6) is 0 Å². The summed E-state index contributed by atoms with van der Waals surface area (Å²) in [6.07, 6.45) is -3.87. The summed E-state index contributed by atoms with van der Waals surface area (Å²) in [6, 6.07) is 11.3. The molecule has 4 rings (SSSR count). The van der Waals surface area contributed by atoms with Crippen molar-refractivity contribution in [3.63, 3.8) is 0 Å². The molecule has 1 unspecified atom stereocenters. The maximum Gasteiger partial charge on any atom is 0.416 e. The Morgan fingerprint density at radius 2 is 1.67 bits per heavy atom. The van der Waals surface area contributed by atoms with Gasteiger partial charge in [-0.3, -0.25) is 23.9 Å². The van der Waals surface area contributed by atoms with E-state index in [1.165, 1.54) is 45.7 Å². The van der Waals surface area contributed by atoms with Crippen molar-refractivity contribution in [3.8, 4) is 5.69 Å². The first-order chi connectivity index (χ1) is 20.0. The number of carbonyl (C=O) groups is 3. The van der Waals surface area contributed by atoms with Crippen molar-refractivity contribution in [1.82, 2.24) is 14.8 Å². The minimum absolute atomic E-state index is 0.0823. The Morgan fingerprint density at radius 3 is 2.33 bits per heavy atom. The molecule has 0 spiro atoms. The van der Waals surface area contributed by atoms with E-state index in [1.54, 1.807) is 45.0 Å². The molecule has 1 aliphatic rings. The number of alkyl halides is 3. The lowest BCUT2D eigenvalue weighted by atomic mass is 10.0. The zero-order valence-electron chi connectivity index (χ0n) is 24.1. The van der Waals surface area contributed by atoms with Gasteiger partial charge in [0, 0.05) is 36.7 Å². The number of halogens is 3. The Morgan fingerprint density at radius 1 is 0.977 bits per heavy atom. The maximum atomic E-state index is 13.2. The number of nitrogens with zero attached hydrogens (tertiary/aromatic N) is 3. The summed E-state index contributed by atoms with van der Waals surface area (Å²) >= 11 is 0.